The number of nitrogens with zero attached hydrogens (tertiary/aromatic N) is 1. The van der Waals surface area contributed by atoms with E-state index >= 15 is 0 Å². The highest BCUT2D eigenvalue weighted by Gasteiger charge is 2.12. The van der Waals surface area contributed by atoms with Crippen molar-refractivity contribution in [2.75, 3.05) is 7.11 Å². The van der Waals surface area contributed by atoms with Gasteiger partial charge in [-0.15, -0.1) is 0 Å². The Hall–Kier alpha value is -1.38. The standard InChI is InChI=1S/C11H15NO2/c1-8(2)6-10(13)9-4-5-12-7-11(9)14-3/h4-5,7-8H,6H2,1-3H3. The third-order valence-electron chi connectivity index (χ3n) is 1.90. The number of pyridine rings is 1. The highest BCUT2D eigenvalue weighted by molar-refractivity contribution is 5.98. The van der Waals surface area contributed by atoms with Crippen molar-refractivity contribution in [1.82, 2.24) is 4.98 Å². The molecule has 0 amide bonds. The van der Waals surface area contributed by atoms with Crippen LogP contribution in [-0.4, -0.2) is 17.9 Å². The molecular weight excluding hydrogens is 178 g/mol. The SMILES string of the molecule is COc1cnccc1C(=O)CC(C)C. The van der Waals surface area contributed by atoms with Crippen LogP contribution in [0.4, 0.5) is 0 Å². The zero-order valence-electron chi connectivity index (χ0n) is 8.78. The van der Waals surface area contributed by atoms with E-state index in [9.17, 15) is 4.79 Å². The van der Waals surface area contributed by atoms with Crippen LogP contribution in [-0.2, 0) is 0 Å². The van der Waals surface area contributed by atoms with Gasteiger partial charge in [0, 0.05) is 12.6 Å². The van der Waals surface area contributed by atoms with E-state index in [0.717, 1.165) is 0 Å². The Morgan fingerprint density at radius 1 is 1.57 bits per heavy atom. The van der Waals surface area contributed by atoms with E-state index in [1.165, 1.54) is 0 Å². The molecule has 1 aromatic rings. The second kappa shape index (κ2) is 4.74. The summed E-state index contributed by atoms with van der Waals surface area (Å²) in [5.74, 6) is 1.03. The normalized spacial score (nSPS) is 10.3. The number of carbonyl (C=O) groups excluding carboxylic acids is 1. The molecule has 0 radical (unpaired) electrons. The van der Waals surface area contributed by atoms with E-state index in [4.69, 9.17) is 4.74 Å². The highest BCUT2D eigenvalue weighted by atomic mass is 16.5. The molecule has 0 aromatic carbocycles. The molecule has 3 heteroatoms. The van der Waals surface area contributed by atoms with Crippen molar-refractivity contribution in [1.29, 1.82) is 0 Å². The third-order valence-corrected chi connectivity index (χ3v) is 1.90. The molecule has 1 rings (SSSR count). The summed E-state index contributed by atoms with van der Waals surface area (Å²) in [4.78, 5) is 15.6. The van der Waals surface area contributed by atoms with Crippen molar-refractivity contribution in [3.8, 4) is 5.75 Å². The zero-order valence-corrected chi connectivity index (χ0v) is 8.78. The Morgan fingerprint density at radius 2 is 2.29 bits per heavy atom. The highest BCUT2D eigenvalue weighted by Crippen LogP contribution is 2.19. The topological polar surface area (TPSA) is 39.2 Å². The van der Waals surface area contributed by atoms with Gasteiger partial charge in [-0.05, 0) is 12.0 Å². The summed E-state index contributed by atoms with van der Waals surface area (Å²) in [5, 5.41) is 0. The average Bonchev–Trinajstić information content (AvgIpc) is 2.16. The second-order valence-corrected chi connectivity index (χ2v) is 3.60. The number of carbonyl (C=O) groups is 1. The van der Waals surface area contributed by atoms with Gasteiger partial charge in [-0.3, -0.25) is 9.78 Å². The van der Waals surface area contributed by atoms with Gasteiger partial charge in [0.15, 0.2) is 5.78 Å². The van der Waals surface area contributed by atoms with Crippen LogP contribution in [0.5, 0.6) is 5.75 Å². The number of aromatic nitrogens is 1. The minimum atomic E-state index is 0.110. The van der Waals surface area contributed by atoms with Crippen molar-refractivity contribution >= 4 is 5.78 Å². The van der Waals surface area contributed by atoms with Crippen molar-refractivity contribution in [2.45, 2.75) is 20.3 Å². The van der Waals surface area contributed by atoms with Gasteiger partial charge in [-0.25, -0.2) is 0 Å². The third kappa shape index (κ3) is 2.55. The van der Waals surface area contributed by atoms with Crippen LogP contribution >= 0.6 is 0 Å². The van der Waals surface area contributed by atoms with E-state index in [-0.39, 0.29) is 5.78 Å². The van der Waals surface area contributed by atoms with E-state index in [1.54, 1.807) is 25.6 Å². The van der Waals surface area contributed by atoms with Crippen molar-refractivity contribution in [2.24, 2.45) is 5.92 Å². The molecule has 0 aliphatic carbocycles. The molecule has 0 aliphatic rings. The maximum atomic E-state index is 11.7. The van der Waals surface area contributed by atoms with Gasteiger partial charge in [0.2, 0.25) is 0 Å². The molecule has 3 nitrogen and oxygen atoms in total. The molecule has 0 spiro atoms. The van der Waals surface area contributed by atoms with Crippen LogP contribution in [0, 0.1) is 5.92 Å². The second-order valence-electron chi connectivity index (χ2n) is 3.60. The van der Waals surface area contributed by atoms with Crippen LogP contribution in [0.3, 0.4) is 0 Å². The van der Waals surface area contributed by atoms with E-state index < -0.39 is 0 Å². The van der Waals surface area contributed by atoms with Crippen molar-refractivity contribution in [3.63, 3.8) is 0 Å². The first kappa shape index (κ1) is 10.7. The Bertz CT molecular complexity index is 321. The molecule has 14 heavy (non-hydrogen) atoms. The molecule has 0 unspecified atom stereocenters. The lowest BCUT2D eigenvalue weighted by molar-refractivity contribution is 0.0964. The monoisotopic (exact) mass is 193 g/mol. The van der Waals surface area contributed by atoms with Crippen molar-refractivity contribution in [3.05, 3.63) is 24.0 Å². The fourth-order valence-corrected chi connectivity index (χ4v) is 1.25. The summed E-state index contributed by atoms with van der Waals surface area (Å²) < 4.78 is 5.06. The molecular formula is C11H15NO2. The summed E-state index contributed by atoms with van der Waals surface area (Å²) in [7, 11) is 1.54. The molecule has 0 saturated heterocycles. The number of ether oxygens (including phenoxy) is 1. The van der Waals surface area contributed by atoms with E-state index in [1.807, 2.05) is 13.8 Å². The Kier molecular flexibility index (Phi) is 3.63. The molecule has 0 saturated carbocycles. The smallest absolute Gasteiger partial charge is 0.166 e. The zero-order chi connectivity index (χ0) is 10.6. The number of methoxy groups -OCH3 is 1. The summed E-state index contributed by atoms with van der Waals surface area (Å²) in [6, 6.07) is 1.70. The van der Waals surface area contributed by atoms with Gasteiger partial charge in [-0.1, -0.05) is 13.8 Å². The molecule has 0 atom stereocenters. The fourth-order valence-electron chi connectivity index (χ4n) is 1.25. The molecule has 1 heterocycles. The lowest BCUT2D eigenvalue weighted by Gasteiger charge is -2.07. The van der Waals surface area contributed by atoms with Crippen LogP contribution in [0.1, 0.15) is 30.6 Å². The van der Waals surface area contributed by atoms with Crippen LogP contribution in [0.2, 0.25) is 0 Å². The van der Waals surface area contributed by atoms with Gasteiger partial charge in [0.1, 0.15) is 5.75 Å². The van der Waals surface area contributed by atoms with Crippen LogP contribution in [0.25, 0.3) is 0 Å². The quantitative estimate of drug-likeness (QED) is 0.689. The number of ketones is 1. The van der Waals surface area contributed by atoms with Gasteiger partial charge < -0.3 is 4.74 Å². The molecule has 0 N–H and O–H groups in total. The van der Waals surface area contributed by atoms with Gasteiger partial charge in [0.25, 0.3) is 0 Å². The molecule has 1 aromatic heterocycles. The molecule has 0 bridgehead atoms. The van der Waals surface area contributed by atoms with Gasteiger partial charge in [-0.2, -0.15) is 0 Å². The summed E-state index contributed by atoms with van der Waals surface area (Å²) >= 11 is 0. The van der Waals surface area contributed by atoms with Crippen molar-refractivity contribution < 1.29 is 9.53 Å². The lowest BCUT2D eigenvalue weighted by Crippen LogP contribution is -2.05. The van der Waals surface area contributed by atoms with Gasteiger partial charge in [0.05, 0.1) is 18.9 Å². The van der Waals surface area contributed by atoms with Crippen LogP contribution < -0.4 is 4.74 Å². The maximum absolute atomic E-state index is 11.7. The van der Waals surface area contributed by atoms with Crippen LogP contribution in [0.15, 0.2) is 18.5 Å². The molecule has 0 fully saturated rings. The number of Topliss-reactive ketones (excluding diaryl/α,β-unsaturated/α-hetero) is 1. The first-order valence-electron chi connectivity index (χ1n) is 4.66. The number of rotatable bonds is 4. The lowest BCUT2D eigenvalue weighted by atomic mass is 10.0. The summed E-state index contributed by atoms with van der Waals surface area (Å²) in [6.45, 7) is 4.04. The Morgan fingerprint density at radius 3 is 2.86 bits per heavy atom. The molecule has 76 valence electrons. The average molecular weight is 193 g/mol. The Labute approximate surface area is 84.1 Å². The van der Waals surface area contributed by atoms with E-state index in [0.29, 0.717) is 23.7 Å². The first-order valence-corrected chi connectivity index (χ1v) is 4.66. The van der Waals surface area contributed by atoms with Gasteiger partial charge >= 0.3 is 0 Å². The predicted octanol–water partition coefficient (Wildman–Crippen LogP) is 2.32. The summed E-state index contributed by atoms with van der Waals surface area (Å²) in [5.41, 5.74) is 0.621. The number of hydrogen-bond donors (Lipinski definition) is 0. The summed E-state index contributed by atoms with van der Waals surface area (Å²) in [6.07, 6.45) is 3.71. The molecule has 0 aliphatic heterocycles. The first-order chi connectivity index (χ1) is 6.65. The van der Waals surface area contributed by atoms with E-state index in [2.05, 4.69) is 4.98 Å². The minimum Gasteiger partial charge on any atom is -0.494 e. The largest absolute Gasteiger partial charge is 0.494 e. The minimum absolute atomic E-state index is 0.110. The number of hydrogen-bond acceptors (Lipinski definition) is 3. The predicted molar refractivity (Wildman–Crippen MR) is 54.6 cm³/mol. The fraction of sp³-hybridized carbons (Fsp3) is 0.455. The Balaban J connectivity index is 2.88. The maximum Gasteiger partial charge on any atom is 0.166 e.